The largest absolute Gasteiger partial charge is 0.490 e. The van der Waals surface area contributed by atoms with Crippen LogP contribution in [0.3, 0.4) is 0 Å². The second-order valence-electron chi connectivity index (χ2n) is 4.77. The fourth-order valence-corrected chi connectivity index (χ4v) is 2.36. The number of rotatable bonds is 6. The zero-order valence-corrected chi connectivity index (χ0v) is 13.0. The minimum atomic E-state index is -0.0854. The molecule has 1 N–H and O–H groups in total. The van der Waals surface area contributed by atoms with Gasteiger partial charge in [-0.05, 0) is 37.1 Å². The first-order chi connectivity index (χ1) is 10.1. The van der Waals surface area contributed by atoms with Crippen LogP contribution in [0, 0.1) is 6.92 Å². The third-order valence-corrected chi connectivity index (χ3v) is 3.30. The molecule has 0 aromatic heterocycles. The van der Waals surface area contributed by atoms with E-state index in [0.717, 1.165) is 5.56 Å². The molecule has 2 aromatic carbocycles. The van der Waals surface area contributed by atoms with Crippen molar-refractivity contribution in [3.05, 3.63) is 58.1 Å². The number of aliphatic hydroxyl groups is 1. The minimum absolute atomic E-state index is 0.0854. The van der Waals surface area contributed by atoms with Crippen LogP contribution in [-0.4, -0.2) is 11.7 Å². The summed E-state index contributed by atoms with van der Waals surface area (Å²) in [6.07, 6.45) is 0. The van der Waals surface area contributed by atoms with Gasteiger partial charge in [0.2, 0.25) is 0 Å². The van der Waals surface area contributed by atoms with Crippen LogP contribution in [0.15, 0.2) is 36.4 Å². The predicted molar refractivity (Wildman–Crippen MR) is 84.1 cm³/mol. The van der Waals surface area contributed by atoms with E-state index in [4.69, 9.17) is 21.1 Å². The molecule has 0 heterocycles. The van der Waals surface area contributed by atoms with Crippen LogP contribution >= 0.6 is 11.6 Å². The number of halogens is 1. The van der Waals surface area contributed by atoms with Crippen LogP contribution < -0.4 is 9.47 Å². The zero-order valence-electron chi connectivity index (χ0n) is 12.2. The van der Waals surface area contributed by atoms with Crippen molar-refractivity contribution in [2.24, 2.45) is 0 Å². The molecule has 0 spiro atoms. The lowest BCUT2D eigenvalue weighted by molar-refractivity contribution is 0.264. The number of hydrogen-bond donors (Lipinski definition) is 1. The van der Waals surface area contributed by atoms with Gasteiger partial charge in [-0.15, -0.1) is 0 Å². The molecule has 0 amide bonds. The van der Waals surface area contributed by atoms with Crippen molar-refractivity contribution in [3.8, 4) is 11.5 Å². The van der Waals surface area contributed by atoms with Crippen LogP contribution in [0.4, 0.5) is 0 Å². The Morgan fingerprint density at radius 3 is 2.57 bits per heavy atom. The molecule has 0 radical (unpaired) electrons. The standard InChI is InChI=1S/C17H19ClO3/c1-3-20-16-9-14(10-19)8-15(18)17(16)21-11-13-6-4-5-12(2)7-13/h4-9,19H,3,10-11H2,1-2H3. The molecule has 0 atom stereocenters. The number of aryl methyl sites for hydroxylation is 1. The number of aliphatic hydroxyl groups excluding tert-OH is 1. The first-order valence-corrected chi connectivity index (χ1v) is 7.26. The summed E-state index contributed by atoms with van der Waals surface area (Å²) in [6.45, 7) is 4.77. The highest BCUT2D eigenvalue weighted by Gasteiger charge is 2.12. The van der Waals surface area contributed by atoms with Crippen molar-refractivity contribution in [2.45, 2.75) is 27.1 Å². The average molecular weight is 307 g/mol. The van der Waals surface area contributed by atoms with Crippen LogP contribution in [0.1, 0.15) is 23.6 Å². The maximum atomic E-state index is 9.23. The first kappa shape index (κ1) is 15.7. The summed E-state index contributed by atoms with van der Waals surface area (Å²) in [7, 11) is 0. The molecule has 0 saturated heterocycles. The predicted octanol–water partition coefficient (Wildman–Crippen LogP) is 4.12. The van der Waals surface area contributed by atoms with E-state index in [1.54, 1.807) is 12.1 Å². The molecule has 2 rings (SSSR count). The Morgan fingerprint density at radius 1 is 1.10 bits per heavy atom. The Morgan fingerprint density at radius 2 is 1.90 bits per heavy atom. The van der Waals surface area contributed by atoms with Crippen LogP contribution in [0.2, 0.25) is 5.02 Å². The van der Waals surface area contributed by atoms with E-state index in [0.29, 0.717) is 35.3 Å². The van der Waals surface area contributed by atoms with E-state index in [2.05, 4.69) is 6.07 Å². The number of ether oxygens (including phenoxy) is 2. The SMILES string of the molecule is CCOc1cc(CO)cc(Cl)c1OCc1cccc(C)c1. The van der Waals surface area contributed by atoms with E-state index in [1.165, 1.54) is 5.56 Å². The van der Waals surface area contributed by atoms with Crippen molar-refractivity contribution in [1.82, 2.24) is 0 Å². The van der Waals surface area contributed by atoms with E-state index in [9.17, 15) is 5.11 Å². The Hall–Kier alpha value is -1.71. The van der Waals surface area contributed by atoms with E-state index < -0.39 is 0 Å². The summed E-state index contributed by atoms with van der Waals surface area (Å²) in [4.78, 5) is 0. The van der Waals surface area contributed by atoms with Crippen LogP contribution in [0.25, 0.3) is 0 Å². The smallest absolute Gasteiger partial charge is 0.180 e. The monoisotopic (exact) mass is 306 g/mol. The van der Waals surface area contributed by atoms with Gasteiger partial charge in [0.05, 0.1) is 18.2 Å². The molecule has 0 aliphatic rings. The summed E-state index contributed by atoms with van der Waals surface area (Å²) in [5.41, 5.74) is 2.95. The summed E-state index contributed by atoms with van der Waals surface area (Å²) in [5, 5.41) is 9.67. The maximum absolute atomic E-state index is 9.23. The van der Waals surface area contributed by atoms with Crippen LogP contribution in [-0.2, 0) is 13.2 Å². The lowest BCUT2D eigenvalue weighted by Crippen LogP contribution is -2.01. The topological polar surface area (TPSA) is 38.7 Å². The van der Waals surface area contributed by atoms with E-state index in [1.807, 2.05) is 32.0 Å². The maximum Gasteiger partial charge on any atom is 0.180 e. The highest BCUT2D eigenvalue weighted by molar-refractivity contribution is 6.32. The molecule has 4 heteroatoms. The van der Waals surface area contributed by atoms with Gasteiger partial charge in [-0.3, -0.25) is 0 Å². The Balaban J connectivity index is 2.22. The highest BCUT2D eigenvalue weighted by atomic mass is 35.5. The van der Waals surface area contributed by atoms with Gasteiger partial charge in [0.1, 0.15) is 6.61 Å². The van der Waals surface area contributed by atoms with Crippen molar-refractivity contribution in [1.29, 1.82) is 0 Å². The quantitative estimate of drug-likeness (QED) is 0.872. The van der Waals surface area contributed by atoms with E-state index in [-0.39, 0.29) is 6.61 Å². The molecule has 0 aliphatic carbocycles. The zero-order chi connectivity index (χ0) is 15.2. The van der Waals surface area contributed by atoms with Crippen molar-refractivity contribution < 1.29 is 14.6 Å². The van der Waals surface area contributed by atoms with Crippen molar-refractivity contribution in [2.75, 3.05) is 6.61 Å². The molecule has 0 fully saturated rings. The summed E-state index contributed by atoms with van der Waals surface area (Å²) < 4.78 is 11.4. The molecule has 0 aliphatic heterocycles. The first-order valence-electron chi connectivity index (χ1n) is 6.88. The van der Waals surface area contributed by atoms with Gasteiger partial charge in [0.25, 0.3) is 0 Å². The Kier molecular flexibility index (Phi) is 5.48. The van der Waals surface area contributed by atoms with Gasteiger partial charge in [-0.1, -0.05) is 41.4 Å². The number of benzene rings is 2. The van der Waals surface area contributed by atoms with E-state index >= 15 is 0 Å². The fraction of sp³-hybridized carbons (Fsp3) is 0.294. The lowest BCUT2D eigenvalue weighted by Gasteiger charge is -2.15. The van der Waals surface area contributed by atoms with Gasteiger partial charge in [0.15, 0.2) is 11.5 Å². The second-order valence-corrected chi connectivity index (χ2v) is 5.18. The van der Waals surface area contributed by atoms with Crippen LogP contribution in [0.5, 0.6) is 11.5 Å². The third kappa shape index (κ3) is 4.13. The molecule has 0 unspecified atom stereocenters. The minimum Gasteiger partial charge on any atom is -0.490 e. The molecular weight excluding hydrogens is 288 g/mol. The third-order valence-electron chi connectivity index (χ3n) is 3.02. The Labute approximate surface area is 130 Å². The van der Waals surface area contributed by atoms with Gasteiger partial charge >= 0.3 is 0 Å². The molecule has 0 saturated carbocycles. The number of hydrogen-bond acceptors (Lipinski definition) is 3. The van der Waals surface area contributed by atoms with Gasteiger partial charge < -0.3 is 14.6 Å². The lowest BCUT2D eigenvalue weighted by atomic mass is 10.1. The average Bonchev–Trinajstić information content (AvgIpc) is 2.46. The summed E-state index contributed by atoms with van der Waals surface area (Å²) >= 11 is 6.23. The summed E-state index contributed by atoms with van der Waals surface area (Å²) in [5.74, 6) is 1.07. The van der Waals surface area contributed by atoms with Crippen molar-refractivity contribution >= 4 is 11.6 Å². The molecule has 112 valence electrons. The Bertz CT molecular complexity index is 611. The van der Waals surface area contributed by atoms with Gasteiger partial charge in [0, 0.05) is 0 Å². The molecular formula is C17H19ClO3. The normalized spacial score (nSPS) is 10.5. The van der Waals surface area contributed by atoms with Gasteiger partial charge in [-0.25, -0.2) is 0 Å². The fourth-order valence-electron chi connectivity index (χ4n) is 2.07. The van der Waals surface area contributed by atoms with Crippen molar-refractivity contribution in [3.63, 3.8) is 0 Å². The van der Waals surface area contributed by atoms with Gasteiger partial charge in [-0.2, -0.15) is 0 Å². The summed E-state index contributed by atoms with van der Waals surface area (Å²) in [6, 6.07) is 11.5. The molecule has 21 heavy (non-hydrogen) atoms. The second kappa shape index (κ2) is 7.34. The highest BCUT2D eigenvalue weighted by Crippen LogP contribution is 2.37. The molecule has 2 aromatic rings. The molecule has 3 nitrogen and oxygen atoms in total. The molecule has 0 bridgehead atoms.